The van der Waals surface area contributed by atoms with Gasteiger partial charge in [-0.3, -0.25) is 4.79 Å². The van der Waals surface area contributed by atoms with E-state index in [0.29, 0.717) is 18.9 Å². The zero-order chi connectivity index (χ0) is 14.1. The minimum atomic E-state index is -0.363. The molecule has 0 spiro atoms. The molecule has 2 aliphatic heterocycles. The molecule has 1 unspecified atom stereocenters. The van der Waals surface area contributed by atoms with E-state index in [-0.39, 0.29) is 41.8 Å². The highest BCUT2D eigenvalue weighted by atomic mass is 35.5. The van der Waals surface area contributed by atoms with Crippen molar-refractivity contribution in [3.63, 3.8) is 0 Å². The van der Waals surface area contributed by atoms with Crippen LogP contribution in [0, 0.1) is 17.7 Å². The number of benzene rings is 1. The van der Waals surface area contributed by atoms with Gasteiger partial charge in [-0.2, -0.15) is 0 Å². The highest BCUT2D eigenvalue weighted by Gasteiger charge is 2.31. The largest absolute Gasteiger partial charge is 0.490 e. The van der Waals surface area contributed by atoms with E-state index >= 15 is 0 Å². The van der Waals surface area contributed by atoms with Crippen LogP contribution in [0.5, 0.6) is 5.75 Å². The third-order valence-electron chi connectivity index (χ3n) is 4.28. The quantitative estimate of drug-likeness (QED) is 0.897. The van der Waals surface area contributed by atoms with Gasteiger partial charge in [0.2, 0.25) is 5.91 Å². The van der Waals surface area contributed by atoms with E-state index in [1.165, 1.54) is 6.07 Å². The van der Waals surface area contributed by atoms with Crippen LogP contribution in [-0.2, 0) is 4.79 Å². The average Bonchev–Trinajstić information content (AvgIpc) is 2.38. The Hall–Kier alpha value is -1.33. The monoisotopic (exact) mass is 314 g/mol. The molecule has 4 nitrogen and oxygen atoms in total. The number of carbonyl (C=O) groups is 1. The molecule has 1 aromatic carbocycles. The Kier molecular flexibility index (Phi) is 5.06. The lowest BCUT2D eigenvalue weighted by molar-refractivity contribution is -0.127. The van der Waals surface area contributed by atoms with Gasteiger partial charge < -0.3 is 15.4 Å². The minimum Gasteiger partial charge on any atom is -0.490 e. The van der Waals surface area contributed by atoms with E-state index in [9.17, 15) is 9.18 Å². The summed E-state index contributed by atoms with van der Waals surface area (Å²) >= 11 is 0. The molecular weight excluding hydrogens is 295 g/mol. The number of rotatable bonds is 3. The van der Waals surface area contributed by atoms with Crippen molar-refractivity contribution in [2.45, 2.75) is 19.4 Å². The van der Waals surface area contributed by atoms with Gasteiger partial charge >= 0.3 is 0 Å². The van der Waals surface area contributed by atoms with Crippen molar-refractivity contribution in [2.75, 3.05) is 19.7 Å². The maximum atomic E-state index is 13.7. The second-order valence-electron chi connectivity index (χ2n) is 5.56. The average molecular weight is 315 g/mol. The Labute approximate surface area is 129 Å². The molecule has 3 rings (SSSR count). The van der Waals surface area contributed by atoms with Gasteiger partial charge in [-0.05, 0) is 25.1 Å². The fourth-order valence-corrected chi connectivity index (χ4v) is 2.72. The molecule has 0 radical (unpaired) electrons. The molecule has 116 valence electrons. The SMILES string of the molecule is CC(C(=O)N[C@@H]1CCOc2c(F)cccc21)C1CNC1.Cl. The van der Waals surface area contributed by atoms with Crippen molar-refractivity contribution in [2.24, 2.45) is 11.8 Å². The lowest BCUT2D eigenvalue weighted by Gasteiger charge is -2.33. The number of hydrogen-bond donors (Lipinski definition) is 2. The molecule has 2 heterocycles. The summed E-state index contributed by atoms with van der Waals surface area (Å²) in [6.07, 6.45) is 0.678. The van der Waals surface area contributed by atoms with E-state index in [0.717, 1.165) is 18.7 Å². The van der Waals surface area contributed by atoms with Crippen LogP contribution in [0.1, 0.15) is 24.9 Å². The van der Waals surface area contributed by atoms with E-state index in [1.54, 1.807) is 6.07 Å². The Bertz CT molecular complexity index is 522. The molecule has 21 heavy (non-hydrogen) atoms. The molecule has 6 heteroatoms. The Morgan fingerprint density at radius 2 is 2.24 bits per heavy atom. The molecule has 1 fully saturated rings. The summed E-state index contributed by atoms with van der Waals surface area (Å²) in [6.45, 7) is 4.17. The van der Waals surface area contributed by atoms with Gasteiger partial charge in [0, 0.05) is 17.9 Å². The smallest absolute Gasteiger partial charge is 0.223 e. The van der Waals surface area contributed by atoms with Crippen LogP contribution in [0.2, 0.25) is 0 Å². The van der Waals surface area contributed by atoms with Crippen LogP contribution in [-0.4, -0.2) is 25.6 Å². The highest BCUT2D eigenvalue weighted by molar-refractivity contribution is 5.85. The molecule has 0 saturated carbocycles. The normalized spacial score (nSPS) is 22.1. The number of para-hydroxylation sites is 1. The van der Waals surface area contributed by atoms with E-state index < -0.39 is 0 Å². The van der Waals surface area contributed by atoms with Crippen molar-refractivity contribution in [3.05, 3.63) is 29.6 Å². The van der Waals surface area contributed by atoms with E-state index in [1.807, 2.05) is 13.0 Å². The standard InChI is InChI=1S/C15H19FN2O2.ClH/c1-9(10-7-17-8-10)15(19)18-13-5-6-20-14-11(13)3-2-4-12(14)16;/h2-4,9-10,13,17H,5-8H2,1H3,(H,18,19);1H/t9?,13-;/m1./s1. The van der Waals surface area contributed by atoms with Crippen LogP contribution < -0.4 is 15.4 Å². The summed E-state index contributed by atoms with van der Waals surface area (Å²) in [5.74, 6) is 0.344. The summed E-state index contributed by atoms with van der Waals surface area (Å²) in [7, 11) is 0. The van der Waals surface area contributed by atoms with Crippen molar-refractivity contribution in [1.29, 1.82) is 0 Å². The molecule has 0 aliphatic carbocycles. The summed E-state index contributed by atoms with van der Waals surface area (Å²) < 4.78 is 19.1. The number of amides is 1. The van der Waals surface area contributed by atoms with Gasteiger partial charge in [-0.15, -0.1) is 12.4 Å². The fourth-order valence-electron chi connectivity index (χ4n) is 2.72. The second-order valence-corrected chi connectivity index (χ2v) is 5.56. The van der Waals surface area contributed by atoms with Crippen LogP contribution in [0.4, 0.5) is 4.39 Å². The molecule has 0 aromatic heterocycles. The molecule has 0 bridgehead atoms. The maximum absolute atomic E-state index is 13.7. The van der Waals surface area contributed by atoms with Gasteiger partial charge in [-0.25, -0.2) is 4.39 Å². The number of carbonyl (C=O) groups excluding carboxylic acids is 1. The van der Waals surface area contributed by atoms with Gasteiger partial charge in [0.25, 0.3) is 0 Å². The first-order valence-corrected chi connectivity index (χ1v) is 7.09. The topological polar surface area (TPSA) is 50.4 Å². The Morgan fingerprint density at radius 1 is 1.48 bits per heavy atom. The Balaban J connectivity index is 0.00000161. The Morgan fingerprint density at radius 3 is 2.90 bits per heavy atom. The first kappa shape index (κ1) is 16.0. The predicted molar refractivity (Wildman–Crippen MR) is 80.2 cm³/mol. The van der Waals surface area contributed by atoms with Gasteiger partial charge in [0.05, 0.1) is 12.6 Å². The van der Waals surface area contributed by atoms with Crippen LogP contribution in [0.15, 0.2) is 18.2 Å². The van der Waals surface area contributed by atoms with Crippen molar-refractivity contribution < 1.29 is 13.9 Å². The highest BCUT2D eigenvalue weighted by Crippen LogP contribution is 2.34. The summed E-state index contributed by atoms with van der Waals surface area (Å²) in [4.78, 5) is 12.3. The summed E-state index contributed by atoms with van der Waals surface area (Å²) in [5.41, 5.74) is 0.739. The molecule has 2 aliphatic rings. The van der Waals surface area contributed by atoms with Crippen LogP contribution in [0.3, 0.4) is 0 Å². The second kappa shape index (κ2) is 6.62. The number of hydrogen-bond acceptors (Lipinski definition) is 3. The lowest BCUT2D eigenvalue weighted by atomic mass is 9.87. The van der Waals surface area contributed by atoms with Crippen molar-refractivity contribution in [3.8, 4) is 5.75 Å². The fraction of sp³-hybridized carbons (Fsp3) is 0.533. The zero-order valence-electron chi connectivity index (χ0n) is 11.9. The van der Waals surface area contributed by atoms with Crippen molar-refractivity contribution in [1.82, 2.24) is 10.6 Å². The third-order valence-corrected chi connectivity index (χ3v) is 4.28. The third kappa shape index (κ3) is 3.14. The number of halogens is 2. The molecule has 1 amide bonds. The first-order chi connectivity index (χ1) is 9.66. The van der Waals surface area contributed by atoms with Crippen molar-refractivity contribution >= 4 is 18.3 Å². The zero-order valence-corrected chi connectivity index (χ0v) is 12.7. The van der Waals surface area contributed by atoms with Gasteiger partial charge in [0.1, 0.15) is 0 Å². The van der Waals surface area contributed by atoms with E-state index in [2.05, 4.69) is 10.6 Å². The minimum absolute atomic E-state index is 0. The summed E-state index contributed by atoms with van der Waals surface area (Å²) in [6, 6.07) is 4.70. The van der Waals surface area contributed by atoms with Gasteiger partial charge in [-0.1, -0.05) is 19.1 Å². The van der Waals surface area contributed by atoms with Crippen LogP contribution >= 0.6 is 12.4 Å². The molecule has 2 atom stereocenters. The number of fused-ring (bicyclic) bond motifs is 1. The van der Waals surface area contributed by atoms with Crippen LogP contribution in [0.25, 0.3) is 0 Å². The molecule has 2 N–H and O–H groups in total. The molecule has 1 aromatic rings. The molecule has 1 saturated heterocycles. The number of ether oxygens (including phenoxy) is 1. The molecular formula is C15H20ClFN2O2. The maximum Gasteiger partial charge on any atom is 0.223 e. The number of nitrogens with one attached hydrogen (secondary N) is 2. The lowest BCUT2D eigenvalue weighted by Crippen LogP contribution is -2.50. The van der Waals surface area contributed by atoms with E-state index in [4.69, 9.17) is 4.74 Å². The summed E-state index contributed by atoms with van der Waals surface area (Å²) in [5, 5.41) is 6.21. The first-order valence-electron chi connectivity index (χ1n) is 7.09. The predicted octanol–water partition coefficient (Wildman–Crippen LogP) is 2.04. The van der Waals surface area contributed by atoms with Gasteiger partial charge in [0.15, 0.2) is 11.6 Å².